The summed E-state index contributed by atoms with van der Waals surface area (Å²) in [5.41, 5.74) is 0.213. The van der Waals surface area contributed by atoms with Crippen LogP contribution in [-0.2, 0) is 10.0 Å². The Bertz CT molecular complexity index is 582. The molecule has 0 aliphatic carbocycles. The van der Waals surface area contributed by atoms with Gasteiger partial charge in [0.25, 0.3) is 10.0 Å². The highest BCUT2D eigenvalue weighted by molar-refractivity contribution is 7.92. The highest BCUT2D eigenvalue weighted by atomic mass is 32.2. The summed E-state index contributed by atoms with van der Waals surface area (Å²) >= 11 is 0. The number of aromatic nitrogens is 3. The number of rotatable bonds is 3. The number of nitrogens with zero attached hydrogens (tertiary/aromatic N) is 2. The molecule has 0 amide bonds. The van der Waals surface area contributed by atoms with Gasteiger partial charge in [-0.3, -0.25) is 9.82 Å². The Morgan fingerprint density at radius 1 is 1.44 bits per heavy atom. The molecule has 0 aromatic carbocycles. The number of nitrogens with one attached hydrogen (secondary N) is 2. The van der Waals surface area contributed by atoms with Crippen LogP contribution in [0.2, 0.25) is 0 Å². The summed E-state index contributed by atoms with van der Waals surface area (Å²) in [6, 6.07) is 2.34. The van der Waals surface area contributed by atoms with Crippen LogP contribution in [0.25, 0.3) is 0 Å². The van der Waals surface area contributed by atoms with Gasteiger partial charge in [-0.25, -0.2) is 9.37 Å². The molecule has 2 aromatic heterocycles. The predicted molar refractivity (Wildman–Crippen MR) is 53.6 cm³/mol. The second-order valence-corrected chi connectivity index (χ2v) is 4.48. The molecule has 2 heterocycles. The smallest absolute Gasteiger partial charge is 0.282 e. The SMILES string of the molecule is O=S(=O)(Nc1cn[nH]c1)c1ncccc1F. The van der Waals surface area contributed by atoms with Gasteiger partial charge in [-0.1, -0.05) is 0 Å². The first-order chi connectivity index (χ1) is 7.59. The van der Waals surface area contributed by atoms with E-state index >= 15 is 0 Å². The van der Waals surface area contributed by atoms with Crippen molar-refractivity contribution in [2.75, 3.05) is 4.72 Å². The first kappa shape index (κ1) is 10.6. The number of anilines is 1. The Labute approximate surface area is 90.6 Å². The summed E-state index contributed by atoms with van der Waals surface area (Å²) in [5, 5.41) is 5.34. The zero-order valence-electron chi connectivity index (χ0n) is 7.88. The summed E-state index contributed by atoms with van der Waals surface area (Å²) in [5.74, 6) is -0.904. The largest absolute Gasteiger partial charge is 0.284 e. The number of pyridine rings is 1. The van der Waals surface area contributed by atoms with E-state index in [1.54, 1.807) is 0 Å². The van der Waals surface area contributed by atoms with Crippen LogP contribution in [0, 0.1) is 5.82 Å². The van der Waals surface area contributed by atoms with Crippen molar-refractivity contribution in [3.8, 4) is 0 Å². The number of H-pyrrole nitrogens is 1. The van der Waals surface area contributed by atoms with Gasteiger partial charge in [0.2, 0.25) is 5.03 Å². The van der Waals surface area contributed by atoms with E-state index in [0.29, 0.717) is 0 Å². The van der Waals surface area contributed by atoms with E-state index in [1.807, 2.05) is 0 Å². The van der Waals surface area contributed by atoms with Gasteiger partial charge in [0.1, 0.15) is 0 Å². The maximum Gasteiger partial charge on any atom is 0.282 e. The summed E-state index contributed by atoms with van der Waals surface area (Å²) in [6.45, 7) is 0. The minimum atomic E-state index is -4.01. The molecule has 6 nitrogen and oxygen atoms in total. The number of hydrogen-bond acceptors (Lipinski definition) is 4. The number of halogens is 1. The third-order valence-electron chi connectivity index (χ3n) is 1.73. The lowest BCUT2D eigenvalue weighted by Crippen LogP contribution is -2.15. The first-order valence-electron chi connectivity index (χ1n) is 4.22. The molecule has 0 saturated heterocycles. The second-order valence-electron chi connectivity index (χ2n) is 2.88. The van der Waals surface area contributed by atoms with E-state index in [2.05, 4.69) is 19.9 Å². The van der Waals surface area contributed by atoms with Crippen molar-refractivity contribution in [3.63, 3.8) is 0 Å². The Morgan fingerprint density at radius 3 is 2.88 bits per heavy atom. The van der Waals surface area contributed by atoms with Gasteiger partial charge >= 0.3 is 0 Å². The molecule has 2 rings (SSSR count). The maximum atomic E-state index is 13.2. The van der Waals surface area contributed by atoms with Gasteiger partial charge in [0, 0.05) is 12.4 Å². The molecule has 0 radical (unpaired) electrons. The lowest BCUT2D eigenvalue weighted by Gasteiger charge is -2.04. The standard InChI is InChI=1S/C8H7FN4O2S/c9-7-2-1-3-10-8(7)16(14,15)13-6-4-11-12-5-6/h1-5,13H,(H,11,12). The molecule has 0 bridgehead atoms. The predicted octanol–water partition coefficient (Wildman–Crippen LogP) is 0.745. The maximum absolute atomic E-state index is 13.2. The molecule has 0 unspecified atom stereocenters. The Kier molecular flexibility index (Phi) is 2.57. The third-order valence-corrected chi connectivity index (χ3v) is 3.04. The molecule has 0 spiro atoms. The average molecular weight is 242 g/mol. The van der Waals surface area contributed by atoms with Crippen LogP contribution in [0.4, 0.5) is 10.1 Å². The van der Waals surface area contributed by atoms with Gasteiger partial charge in [-0.15, -0.1) is 0 Å². The number of aromatic amines is 1. The normalized spacial score (nSPS) is 11.3. The Hall–Kier alpha value is -1.96. The van der Waals surface area contributed by atoms with E-state index < -0.39 is 20.9 Å². The molecule has 0 atom stereocenters. The molecule has 16 heavy (non-hydrogen) atoms. The topological polar surface area (TPSA) is 87.7 Å². The number of hydrogen-bond donors (Lipinski definition) is 2. The first-order valence-corrected chi connectivity index (χ1v) is 5.70. The number of sulfonamides is 1. The lowest BCUT2D eigenvalue weighted by molar-refractivity contribution is 0.557. The molecular weight excluding hydrogens is 235 g/mol. The van der Waals surface area contributed by atoms with Crippen molar-refractivity contribution in [2.45, 2.75) is 5.03 Å². The van der Waals surface area contributed by atoms with Crippen LogP contribution in [0.15, 0.2) is 35.7 Å². The van der Waals surface area contributed by atoms with Crippen molar-refractivity contribution in [2.24, 2.45) is 0 Å². The van der Waals surface area contributed by atoms with E-state index in [1.165, 1.54) is 24.7 Å². The molecule has 0 fully saturated rings. The Balaban J connectivity index is 2.37. The molecule has 8 heteroatoms. The summed E-state index contributed by atoms with van der Waals surface area (Å²) in [4.78, 5) is 3.47. The van der Waals surface area contributed by atoms with Crippen LogP contribution >= 0.6 is 0 Å². The average Bonchev–Trinajstić information content (AvgIpc) is 2.70. The summed E-state index contributed by atoms with van der Waals surface area (Å²) in [6.07, 6.45) is 3.80. The van der Waals surface area contributed by atoms with Crippen LogP contribution < -0.4 is 4.72 Å². The van der Waals surface area contributed by atoms with Gasteiger partial charge in [0.05, 0.1) is 11.9 Å². The van der Waals surface area contributed by atoms with Crippen LogP contribution in [0.1, 0.15) is 0 Å². The molecular formula is C8H7FN4O2S. The zero-order chi connectivity index (χ0) is 11.6. The van der Waals surface area contributed by atoms with Gasteiger partial charge in [-0.2, -0.15) is 13.5 Å². The molecule has 0 aliphatic rings. The Morgan fingerprint density at radius 2 is 2.25 bits per heavy atom. The minimum Gasteiger partial charge on any atom is -0.284 e. The highest BCUT2D eigenvalue weighted by Gasteiger charge is 2.20. The van der Waals surface area contributed by atoms with Gasteiger partial charge in [-0.05, 0) is 12.1 Å². The van der Waals surface area contributed by atoms with Crippen molar-refractivity contribution >= 4 is 15.7 Å². The van der Waals surface area contributed by atoms with E-state index in [4.69, 9.17) is 0 Å². The van der Waals surface area contributed by atoms with E-state index in [0.717, 1.165) is 6.07 Å². The molecule has 0 aliphatic heterocycles. The monoisotopic (exact) mass is 242 g/mol. The van der Waals surface area contributed by atoms with Crippen LogP contribution in [-0.4, -0.2) is 23.6 Å². The van der Waals surface area contributed by atoms with Crippen molar-refractivity contribution in [1.82, 2.24) is 15.2 Å². The third kappa shape index (κ3) is 2.01. The van der Waals surface area contributed by atoms with E-state index in [-0.39, 0.29) is 5.69 Å². The second kappa shape index (κ2) is 3.89. The fraction of sp³-hybridized carbons (Fsp3) is 0. The minimum absolute atomic E-state index is 0.213. The quantitative estimate of drug-likeness (QED) is 0.831. The summed E-state index contributed by atoms with van der Waals surface area (Å²) < 4.78 is 38.7. The van der Waals surface area contributed by atoms with Crippen molar-refractivity contribution < 1.29 is 12.8 Å². The zero-order valence-corrected chi connectivity index (χ0v) is 8.70. The molecule has 84 valence electrons. The highest BCUT2D eigenvalue weighted by Crippen LogP contribution is 2.14. The lowest BCUT2D eigenvalue weighted by atomic mass is 10.5. The summed E-state index contributed by atoms with van der Waals surface area (Å²) in [7, 11) is -4.01. The fourth-order valence-electron chi connectivity index (χ4n) is 1.08. The molecule has 2 aromatic rings. The van der Waals surface area contributed by atoms with Crippen molar-refractivity contribution in [3.05, 3.63) is 36.5 Å². The van der Waals surface area contributed by atoms with Gasteiger partial charge in [0.15, 0.2) is 5.82 Å². The fourth-order valence-corrected chi connectivity index (χ4v) is 2.12. The molecule has 2 N–H and O–H groups in total. The van der Waals surface area contributed by atoms with E-state index in [9.17, 15) is 12.8 Å². The van der Waals surface area contributed by atoms with Crippen LogP contribution in [0.3, 0.4) is 0 Å². The van der Waals surface area contributed by atoms with Crippen molar-refractivity contribution in [1.29, 1.82) is 0 Å². The van der Waals surface area contributed by atoms with Gasteiger partial charge < -0.3 is 0 Å². The molecule has 0 saturated carbocycles. The van der Waals surface area contributed by atoms with Crippen LogP contribution in [0.5, 0.6) is 0 Å².